The standard InChI is InChI=1S/C19H22N4O2/c1-14-11-20-22(12-14)13-15-5-4-10-23(15)19(24)9-8-18-21-16-6-2-3-7-17(16)25-18/h2-3,6-7,11-12,15H,4-5,8-10,13H2,1H3. The lowest BCUT2D eigenvalue weighted by molar-refractivity contribution is -0.132. The average molecular weight is 338 g/mol. The van der Waals surface area contributed by atoms with Crippen molar-refractivity contribution in [3.63, 3.8) is 0 Å². The maximum Gasteiger partial charge on any atom is 0.223 e. The van der Waals surface area contributed by atoms with E-state index in [1.165, 1.54) is 0 Å². The van der Waals surface area contributed by atoms with Crippen molar-refractivity contribution >= 4 is 17.0 Å². The lowest BCUT2D eigenvalue weighted by Crippen LogP contribution is -2.38. The van der Waals surface area contributed by atoms with Crippen LogP contribution in [0, 0.1) is 6.92 Å². The third-order valence-electron chi connectivity index (χ3n) is 4.75. The van der Waals surface area contributed by atoms with Crippen molar-refractivity contribution in [3.8, 4) is 0 Å². The first-order valence-electron chi connectivity index (χ1n) is 8.82. The molecule has 0 N–H and O–H groups in total. The summed E-state index contributed by atoms with van der Waals surface area (Å²) in [5, 5.41) is 4.34. The van der Waals surface area contributed by atoms with Crippen molar-refractivity contribution in [2.24, 2.45) is 0 Å². The third-order valence-corrected chi connectivity index (χ3v) is 4.75. The van der Waals surface area contributed by atoms with Crippen LogP contribution in [0.1, 0.15) is 30.7 Å². The van der Waals surface area contributed by atoms with Gasteiger partial charge in [0.1, 0.15) is 5.52 Å². The molecule has 0 bridgehead atoms. The largest absolute Gasteiger partial charge is 0.441 e. The second-order valence-corrected chi connectivity index (χ2v) is 6.70. The summed E-state index contributed by atoms with van der Waals surface area (Å²) in [6.07, 6.45) is 6.94. The number of carbonyl (C=O) groups excluding carboxylic acids is 1. The number of nitrogens with zero attached hydrogens (tertiary/aromatic N) is 4. The van der Waals surface area contributed by atoms with Crippen molar-refractivity contribution in [3.05, 3.63) is 48.1 Å². The van der Waals surface area contributed by atoms with Crippen molar-refractivity contribution in [1.29, 1.82) is 0 Å². The van der Waals surface area contributed by atoms with E-state index in [0.717, 1.165) is 42.6 Å². The van der Waals surface area contributed by atoms with Crippen LogP contribution in [-0.2, 0) is 17.8 Å². The summed E-state index contributed by atoms with van der Waals surface area (Å²) in [4.78, 5) is 19.1. The van der Waals surface area contributed by atoms with Gasteiger partial charge in [0.25, 0.3) is 0 Å². The Kier molecular flexibility index (Phi) is 4.26. The van der Waals surface area contributed by atoms with Crippen LogP contribution in [0.15, 0.2) is 41.1 Å². The molecule has 4 rings (SSSR count). The minimum atomic E-state index is 0.175. The van der Waals surface area contributed by atoms with Crippen LogP contribution in [0.4, 0.5) is 0 Å². The fraction of sp³-hybridized carbons (Fsp3) is 0.421. The fourth-order valence-corrected chi connectivity index (χ4v) is 3.52. The predicted molar refractivity (Wildman–Crippen MR) is 94.0 cm³/mol. The average Bonchev–Trinajstić information content (AvgIpc) is 3.32. The zero-order valence-corrected chi connectivity index (χ0v) is 14.4. The van der Waals surface area contributed by atoms with Crippen LogP contribution in [0.5, 0.6) is 0 Å². The molecule has 3 aromatic rings. The van der Waals surface area contributed by atoms with E-state index in [-0.39, 0.29) is 11.9 Å². The van der Waals surface area contributed by atoms with Crippen LogP contribution in [0.2, 0.25) is 0 Å². The third kappa shape index (κ3) is 3.43. The number of carbonyl (C=O) groups is 1. The highest BCUT2D eigenvalue weighted by atomic mass is 16.3. The van der Waals surface area contributed by atoms with Crippen LogP contribution >= 0.6 is 0 Å². The zero-order chi connectivity index (χ0) is 17.2. The van der Waals surface area contributed by atoms with Crippen molar-refractivity contribution < 1.29 is 9.21 Å². The van der Waals surface area contributed by atoms with Gasteiger partial charge in [-0.25, -0.2) is 4.98 Å². The Morgan fingerprint density at radius 1 is 1.36 bits per heavy atom. The van der Waals surface area contributed by atoms with E-state index in [4.69, 9.17) is 4.42 Å². The molecule has 6 heteroatoms. The van der Waals surface area contributed by atoms with Crippen LogP contribution < -0.4 is 0 Å². The van der Waals surface area contributed by atoms with Crippen LogP contribution in [0.3, 0.4) is 0 Å². The Bertz CT molecular complexity index is 849. The molecule has 2 aromatic heterocycles. The number of hydrogen-bond donors (Lipinski definition) is 0. The second kappa shape index (κ2) is 6.70. The Balaban J connectivity index is 1.37. The minimum absolute atomic E-state index is 0.175. The molecule has 1 unspecified atom stereocenters. The number of oxazole rings is 1. The highest BCUT2D eigenvalue weighted by Crippen LogP contribution is 2.21. The first kappa shape index (κ1) is 15.9. The van der Waals surface area contributed by atoms with Crippen LogP contribution in [-0.4, -0.2) is 38.2 Å². The molecule has 1 saturated heterocycles. The minimum Gasteiger partial charge on any atom is -0.441 e. The smallest absolute Gasteiger partial charge is 0.223 e. The number of hydrogen-bond acceptors (Lipinski definition) is 4. The van der Waals surface area contributed by atoms with Gasteiger partial charge in [0.15, 0.2) is 11.5 Å². The molecule has 0 saturated carbocycles. The molecule has 0 spiro atoms. The monoisotopic (exact) mass is 338 g/mol. The summed E-state index contributed by atoms with van der Waals surface area (Å²) in [6, 6.07) is 7.92. The number of amides is 1. The van der Waals surface area contributed by atoms with E-state index in [1.54, 1.807) is 0 Å². The van der Waals surface area contributed by atoms with Crippen molar-refractivity contribution in [2.75, 3.05) is 6.54 Å². The highest BCUT2D eigenvalue weighted by molar-refractivity contribution is 5.77. The number of fused-ring (bicyclic) bond motifs is 1. The van der Waals surface area contributed by atoms with Crippen LogP contribution in [0.25, 0.3) is 11.1 Å². The lowest BCUT2D eigenvalue weighted by atomic mass is 10.2. The van der Waals surface area contributed by atoms with E-state index in [0.29, 0.717) is 18.7 Å². The number of rotatable bonds is 5. The number of benzene rings is 1. The quantitative estimate of drug-likeness (QED) is 0.717. The molecule has 25 heavy (non-hydrogen) atoms. The summed E-state index contributed by atoms with van der Waals surface area (Å²) >= 11 is 0. The molecule has 1 aliphatic rings. The summed E-state index contributed by atoms with van der Waals surface area (Å²) in [6.45, 7) is 3.63. The summed E-state index contributed by atoms with van der Waals surface area (Å²) in [7, 11) is 0. The molecule has 6 nitrogen and oxygen atoms in total. The normalized spacial score (nSPS) is 17.5. The van der Waals surface area contributed by atoms with Gasteiger partial charge in [0, 0.05) is 25.6 Å². The summed E-state index contributed by atoms with van der Waals surface area (Å²) < 4.78 is 7.65. The maximum absolute atomic E-state index is 12.7. The Morgan fingerprint density at radius 2 is 2.24 bits per heavy atom. The Hall–Kier alpha value is -2.63. The number of para-hydroxylation sites is 2. The number of likely N-dealkylation sites (tertiary alicyclic amines) is 1. The lowest BCUT2D eigenvalue weighted by Gasteiger charge is -2.24. The van der Waals surface area contributed by atoms with Gasteiger partial charge in [0.2, 0.25) is 5.91 Å². The first-order chi connectivity index (χ1) is 12.2. The van der Waals surface area contributed by atoms with Crippen molar-refractivity contribution in [1.82, 2.24) is 19.7 Å². The molecule has 130 valence electrons. The molecule has 3 heterocycles. The topological polar surface area (TPSA) is 64.2 Å². The maximum atomic E-state index is 12.7. The van der Waals surface area contributed by atoms with Gasteiger partial charge in [-0.15, -0.1) is 0 Å². The fourth-order valence-electron chi connectivity index (χ4n) is 3.52. The SMILES string of the molecule is Cc1cnn(CC2CCCN2C(=O)CCc2nc3ccccc3o2)c1. The van der Waals surface area contributed by atoms with Crippen molar-refractivity contribution in [2.45, 2.75) is 45.2 Å². The van der Waals surface area contributed by atoms with E-state index >= 15 is 0 Å². The summed E-state index contributed by atoms with van der Waals surface area (Å²) in [5.41, 5.74) is 2.77. The first-order valence-corrected chi connectivity index (χ1v) is 8.82. The molecule has 1 amide bonds. The van der Waals surface area contributed by atoms with Gasteiger partial charge in [-0.2, -0.15) is 5.10 Å². The Morgan fingerprint density at radius 3 is 3.04 bits per heavy atom. The molecule has 0 radical (unpaired) electrons. The van der Waals surface area contributed by atoms with Gasteiger partial charge in [-0.3, -0.25) is 9.48 Å². The number of aryl methyl sites for hydroxylation is 2. The molecule has 0 aliphatic carbocycles. The second-order valence-electron chi connectivity index (χ2n) is 6.70. The molecule has 1 fully saturated rings. The predicted octanol–water partition coefficient (Wildman–Crippen LogP) is 2.96. The van der Waals surface area contributed by atoms with Gasteiger partial charge in [-0.1, -0.05) is 12.1 Å². The molecular formula is C19H22N4O2. The number of aromatic nitrogens is 3. The van der Waals surface area contributed by atoms with E-state index in [9.17, 15) is 4.79 Å². The Labute approximate surface area is 146 Å². The molecule has 1 aromatic carbocycles. The van der Waals surface area contributed by atoms with E-state index in [2.05, 4.69) is 10.1 Å². The summed E-state index contributed by atoms with van der Waals surface area (Å²) in [5.74, 6) is 0.807. The molecular weight excluding hydrogens is 316 g/mol. The molecule has 1 aliphatic heterocycles. The van der Waals surface area contributed by atoms with E-state index in [1.807, 2.05) is 53.2 Å². The van der Waals surface area contributed by atoms with Gasteiger partial charge in [0.05, 0.1) is 18.8 Å². The van der Waals surface area contributed by atoms with Gasteiger partial charge < -0.3 is 9.32 Å². The highest BCUT2D eigenvalue weighted by Gasteiger charge is 2.29. The van der Waals surface area contributed by atoms with Gasteiger partial charge in [-0.05, 0) is 37.5 Å². The zero-order valence-electron chi connectivity index (χ0n) is 14.4. The molecule has 1 atom stereocenters. The van der Waals surface area contributed by atoms with Gasteiger partial charge >= 0.3 is 0 Å². The van der Waals surface area contributed by atoms with E-state index < -0.39 is 0 Å².